The Balaban J connectivity index is 2.69. The van der Waals surface area contributed by atoms with E-state index in [0.717, 1.165) is 0 Å². The molecule has 1 unspecified atom stereocenters. The van der Waals surface area contributed by atoms with Crippen LogP contribution in [0.15, 0.2) is 0 Å². The molecule has 1 fully saturated rings. The van der Waals surface area contributed by atoms with Crippen LogP contribution in [0.3, 0.4) is 0 Å². The number of carbonyl (C=O) groups excluding carboxylic acids is 1. The number of carbonyl (C=O) groups is 1. The average Bonchev–Trinajstić information content (AvgIpc) is 2.57. The molecule has 1 aliphatic heterocycles. The first-order valence-corrected chi connectivity index (χ1v) is 8.25. The highest BCUT2D eigenvalue weighted by Gasteiger charge is 2.35. The molecule has 0 aliphatic carbocycles. The van der Waals surface area contributed by atoms with E-state index in [1.165, 1.54) is 0 Å². The fourth-order valence-electron chi connectivity index (χ4n) is 2.08. The van der Waals surface area contributed by atoms with Gasteiger partial charge in [-0.05, 0) is 20.3 Å². The van der Waals surface area contributed by atoms with Crippen LogP contribution < -0.4 is 5.73 Å². The van der Waals surface area contributed by atoms with E-state index < -0.39 is 15.8 Å². The van der Waals surface area contributed by atoms with Gasteiger partial charge in [-0.15, -0.1) is 0 Å². The summed E-state index contributed by atoms with van der Waals surface area (Å²) in [5.74, 6) is -0.404. The lowest BCUT2D eigenvalue weighted by molar-refractivity contribution is -0.136. The Kier molecular flexibility index (Phi) is 5.10. The Bertz CT molecular complexity index is 432. The second kappa shape index (κ2) is 5.97. The van der Waals surface area contributed by atoms with Crippen LogP contribution in [0.4, 0.5) is 0 Å². The molecule has 7 heteroatoms. The molecule has 0 saturated carbocycles. The van der Waals surface area contributed by atoms with Gasteiger partial charge in [-0.2, -0.15) is 0 Å². The predicted molar refractivity (Wildman–Crippen MR) is 75.0 cm³/mol. The van der Waals surface area contributed by atoms with E-state index in [2.05, 4.69) is 0 Å². The van der Waals surface area contributed by atoms with Crippen LogP contribution in [0, 0.1) is 5.92 Å². The topological polar surface area (TPSA) is 80.5 Å². The fourth-order valence-corrected chi connectivity index (χ4v) is 3.90. The number of hydrogen-bond acceptors (Lipinski definition) is 4. The molecule has 2 N–H and O–H groups in total. The maximum atomic E-state index is 12.3. The zero-order chi connectivity index (χ0) is 13.9. The van der Waals surface area contributed by atoms with Gasteiger partial charge in [-0.3, -0.25) is 4.79 Å². The van der Waals surface area contributed by atoms with Crippen molar-refractivity contribution < 1.29 is 13.2 Å². The average molecular weight is 292 g/mol. The molecule has 0 radical (unpaired) electrons. The molecule has 1 saturated heterocycles. The molecule has 104 valence electrons. The highest BCUT2D eigenvalue weighted by Crippen LogP contribution is 2.21. The quantitative estimate of drug-likeness (QED) is 0.739. The Morgan fingerprint density at radius 3 is 2.50 bits per heavy atom. The smallest absolute Gasteiger partial charge is 0.226 e. The zero-order valence-corrected chi connectivity index (χ0v) is 12.4. The molecule has 1 aliphatic rings. The van der Waals surface area contributed by atoms with E-state index in [-0.39, 0.29) is 23.5 Å². The first-order chi connectivity index (χ1) is 8.23. The standard InChI is InChI=1S/C11H20N2O3S2/c1-8(2)13(5-3-10(12)17)11(14)9-4-6-18(15,16)7-9/h8-9H,3-7H2,1-2H3,(H2,12,17). The van der Waals surface area contributed by atoms with Crippen LogP contribution in [0.1, 0.15) is 26.7 Å². The highest BCUT2D eigenvalue weighted by atomic mass is 32.2. The Labute approximate surface area is 114 Å². The molecule has 1 atom stereocenters. The molecule has 1 amide bonds. The van der Waals surface area contributed by atoms with Gasteiger partial charge in [0.2, 0.25) is 5.91 Å². The van der Waals surface area contributed by atoms with Crippen LogP contribution in [0.25, 0.3) is 0 Å². The summed E-state index contributed by atoms with van der Waals surface area (Å²) in [6.07, 6.45) is 0.899. The molecule has 0 aromatic rings. The maximum absolute atomic E-state index is 12.3. The van der Waals surface area contributed by atoms with Crippen LogP contribution in [-0.2, 0) is 14.6 Å². The van der Waals surface area contributed by atoms with Crippen molar-refractivity contribution in [2.45, 2.75) is 32.7 Å². The van der Waals surface area contributed by atoms with E-state index in [1.807, 2.05) is 13.8 Å². The number of nitrogens with two attached hydrogens (primary N) is 1. The van der Waals surface area contributed by atoms with Crippen molar-refractivity contribution in [1.29, 1.82) is 0 Å². The second-order valence-electron chi connectivity index (χ2n) is 4.94. The van der Waals surface area contributed by atoms with Gasteiger partial charge in [0, 0.05) is 19.0 Å². The van der Waals surface area contributed by atoms with Crippen molar-refractivity contribution >= 4 is 33.0 Å². The summed E-state index contributed by atoms with van der Waals surface area (Å²) < 4.78 is 22.8. The monoisotopic (exact) mass is 292 g/mol. The Morgan fingerprint density at radius 2 is 2.11 bits per heavy atom. The number of thiocarbonyl (C=S) groups is 1. The number of hydrogen-bond donors (Lipinski definition) is 1. The number of rotatable bonds is 5. The van der Waals surface area contributed by atoms with Crippen LogP contribution in [0.5, 0.6) is 0 Å². The predicted octanol–water partition coefficient (Wildman–Crippen LogP) is 0.334. The third kappa shape index (κ3) is 4.20. The van der Waals surface area contributed by atoms with E-state index in [1.54, 1.807) is 4.90 Å². The van der Waals surface area contributed by atoms with Crippen molar-refractivity contribution in [1.82, 2.24) is 4.90 Å². The molecular weight excluding hydrogens is 272 g/mol. The summed E-state index contributed by atoms with van der Waals surface area (Å²) in [4.78, 5) is 14.3. The van der Waals surface area contributed by atoms with Crippen molar-refractivity contribution in [3.05, 3.63) is 0 Å². The van der Waals surface area contributed by atoms with E-state index >= 15 is 0 Å². The van der Waals surface area contributed by atoms with Gasteiger partial charge in [0.1, 0.15) is 0 Å². The molecule has 0 spiro atoms. The van der Waals surface area contributed by atoms with E-state index in [0.29, 0.717) is 24.4 Å². The molecule has 18 heavy (non-hydrogen) atoms. The zero-order valence-electron chi connectivity index (χ0n) is 10.8. The molecule has 0 aromatic carbocycles. The number of nitrogens with zero attached hydrogens (tertiary/aromatic N) is 1. The highest BCUT2D eigenvalue weighted by molar-refractivity contribution is 7.91. The minimum Gasteiger partial charge on any atom is -0.393 e. The van der Waals surface area contributed by atoms with Crippen molar-refractivity contribution in [2.75, 3.05) is 18.1 Å². The van der Waals surface area contributed by atoms with Crippen molar-refractivity contribution in [3.8, 4) is 0 Å². The minimum absolute atomic E-state index is 0.0233. The summed E-state index contributed by atoms with van der Waals surface area (Å²) in [6.45, 7) is 4.27. The molecule has 0 bridgehead atoms. The lowest BCUT2D eigenvalue weighted by Crippen LogP contribution is -2.42. The summed E-state index contributed by atoms with van der Waals surface area (Å²) in [5, 5.41) is 0. The summed E-state index contributed by atoms with van der Waals surface area (Å²) in [7, 11) is -3.03. The first-order valence-electron chi connectivity index (χ1n) is 6.02. The normalized spacial score (nSPS) is 22.1. The van der Waals surface area contributed by atoms with Gasteiger partial charge in [0.05, 0.1) is 22.4 Å². The van der Waals surface area contributed by atoms with Crippen LogP contribution in [0.2, 0.25) is 0 Å². The van der Waals surface area contributed by atoms with E-state index in [4.69, 9.17) is 18.0 Å². The summed E-state index contributed by atoms with van der Waals surface area (Å²) >= 11 is 4.80. The summed E-state index contributed by atoms with van der Waals surface area (Å²) in [6, 6.07) is 0.0233. The number of amides is 1. The molecule has 1 heterocycles. The lowest BCUT2D eigenvalue weighted by atomic mass is 10.1. The molecule has 1 rings (SSSR count). The largest absolute Gasteiger partial charge is 0.393 e. The second-order valence-corrected chi connectivity index (χ2v) is 7.69. The molecular formula is C11H20N2O3S2. The third-order valence-corrected chi connectivity index (χ3v) is 5.06. The lowest BCUT2D eigenvalue weighted by Gasteiger charge is -2.29. The number of sulfone groups is 1. The van der Waals surface area contributed by atoms with Crippen LogP contribution in [-0.4, -0.2) is 48.3 Å². The fraction of sp³-hybridized carbons (Fsp3) is 0.818. The molecule has 0 aromatic heterocycles. The minimum atomic E-state index is -3.03. The first kappa shape index (κ1) is 15.4. The van der Waals surface area contributed by atoms with Crippen molar-refractivity contribution in [3.63, 3.8) is 0 Å². The third-order valence-electron chi connectivity index (χ3n) is 3.09. The van der Waals surface area contributed by atoms with E-state index in [9.17, 15) is 13.2 Å². The van der Waals surface area contributed by atoms with Gasteiger partial charge in [0.25, 0.3) is 0 Å². The van der Waals surface area contributed by atoms with Crippen molar-refractivity contribution in [2.24, 2.45) is 11.7 Å². The van der Waals surface area contributed by atoms with Gasteiger partial charge in [0.15, 0.2) is 9.84 Å². The van der Waals surface area contributed by atoms with Gasteiger partial charge >= 0.3 is 0 Å². The Morgan fingerprint density at radius 1 is 1.50 bits per heavy atom. The Hall–Kier alpha value is -0.690. The maximum Gasteiger partial charge on any atom is 0.226 e. The van der Waals surface area contributed by atoms with Gasteiger partial charge in [-0.25, -0.2) is 8.42 Å². The van der Waals surface area contributed by atoms with Gasteiger partial charge in [-0.1, -0.05) is 12.2 Å². The summed E-state index contributed by atoms with van der Waals surface area (Å²) in [5.41, 5.74) is 5.44. The molecule has 5 nitrogen and oxygen atoms in total. The van der Waals surface area contributed by atoms with Gasteiger partial charge < -0.3 is 10.6 Å². The van der Waals surface area contributed by atoms with Crippen LogP contribution >= 0.6 is 12.2 Å². The SMILES string of the molecule is CC(C)N(CCC(N)=S)C(=O)C1CCS(=O)(=O)C1.